The fourth-order valence-corrected chi connectivity index (χ4v) is 3.90. The standard InChI is InChI=1S/C21H18N4O4S/c1-2-19-23-24-20(26)12-16(22-21(24)30-19)13-29-18-9-8-17(25(27)28)11-15(18)10-14-6-4-3-5-7-14/h3-9,11-12H,2,10,13H2,1H3. The summed E-state index contributed by atoms with van der Waals surface area (Å²) in [6.07, 6.45) is 1.21. The van der Waals surface area contributed by atoms with Gasteiger partial charge in [-0.3, -0.25) is 14.9 Å². The Labute approximate surface area is 175 Å². The summed E-state index contributed by atoms with van der Waals surface area (Å²) in [5, 5.41) is 16.3. The molecule has 0 aliphatic rings. The van der Waals surface area contributed by atoms with Gasteiger partial charge in [-0.2, -0.15) is 9.61 Å². The van der Waals surface area contributed by atoms with Gasteiger partial charge in [0, 0.05) is 30.2 Å². The minimum absolute atomic E-state index is 0.00262. The number of hydrogen-bond donors (Lipinski definition) is 0. The average molecular weight is 422 g/mol. The zero-order valence-electron chi connectivity index (χ0n) is 16.1. The van der Waals surface area contributed by atoms with Gasteiger partial charge in [0.25, 0.3) is 11.2 Å². The highest BCUT2D eigenvalue weighted by molar-refractivity contribution is 7.16. The van der Waals surface area contributed by atoms with Crippen LogP contribution in [-0.4, -0.2) is 19.5 Å². The highest BCUT2D eigenvalue weighted by Gasteiger charge is 2.14. The fourth-order valence-electron chi connectivity index (χ4n) is 3.04. The van der Waals surface area contributed by atoms with E-state index in [9.17, 15) is 14.9 Å². The second-order valence-corrected chi connectivity index (χ2v) is 7.67. The number of ether oxygens (including phenoxy) is 1. The molecule has 0 unspecified atom stereocenters. The molecule has 0 N–H and O–H groups in total. The molecule has 9 heteroatoms. The van der Waals surface area contributed by atoms with Crippen molar-refractivity contribution < 1.29 is 9.66 Å². The van der Waals surface area contributed by atoms with E-state index in [-0.39, 0.29) is 17.9 Å². The second kappa shape index (κ2) is 8.42. The van der Waals surface area contributed by atoms with Crippen molar-refractivity contribution in [2.75, 3.05) is 0 Å². The Balaban J connectivity index is 1.61. The van der Waals surface area contributed by atoms with Gasteiger partial charge >= 0.3 is 0 Å². The predicted molar refractivity (Wildman–Crippen MR) is 113 cm³/mol. The zero-order chi connectivity index (χ0) is 21.1. The van der Waals surface area contributed by atoms with Gasteiger partial charge in [0.1, 0.15) is 17.4 Å². The number of rotatable bonds is 7. The third kappa shape index (κ3) is 4.20. The third-order valence-electron chi connectivity index (χ3n) is 4.51. The average Bonchev–Trinajstić information content (AvgIpc) is 3.17. The summed E-state index contributed by atoms with van der Waals surface area (Å²) in [5.74, 6) is 0.519. The highest BCUT2D eigenvalue weighted by Crippen LogP contribution is 2.27. The Morgan fingerprint density at radius 1 is 1.17 bits per heavy atom. The van der Waals surface area contributed by atoms with E-state index in [0.717, 1.165) is 17.0 Å². The van der Waals surface area contributed by atoms with E-state index >= 15 is 0 Å². The van der Waals surface area contributed by atoms with Crippen LogP contribution in [0.1, 0.15) is 28.8 Å². The second-order valence-electron chi connectivity index (χ2n) is 6.63. The van der Waals surface area contributed by atoms with Crippen molar-refractivity contribution in [2.45, 2.75) is 26.4 Å². The molecule has 0 spiro atoms. The lowest BCUT2D eigenvalue weighted by atomic mass is 10.0. The largest absolute Gasteiger partial charge is 0.487 e. The maximum Gasteiger partial charge on any atom is 0.275 e. The number of aryl methyl sites for hydroxylation is 1. The number of nitro groups is 1. The first-order chi connectivity index (χ1) is 14.5. The van der Waals surface area contributed by atoms with Crippen molar-refractivity contribution in [1.82, 2.24) is 14.6 Å². The van der Waals surface area contributed by atoms with Gasteiger partial charge in [0.15, 0.2) is 0 Å². The van der Waals surface area contributed by atoms with Crippen molar-refractivity contribution in [3.8, 4) is 5.75 Å². The molecule has 0 aliphatic heterocycles. The summed E-state index contributed by atoms with van der Waals surface area (Å²) < 4.78 is 7.21. The minimum atomic E-state index is -0.427. The maximum absolute atomic E-state index is 12.3. The van der Waals surface area contributed by atoms with Crippen LogP contribution in [0, 0.1) is 10.1 Å². The monoisotopic (exact) mass is 422 g/mol. The molecule has 4 aromatic rings. The number of benzene rings is 2. The Bertz CT molecular complexity index is 1270. The van der Waals surface area contributed by atoms with E-state index < -0.39 is 4.92 Å². The molecule has 4 rings (SSSR count). The molecule has 0 aliphatic carbocycles. The van der Waals surface area contributed by atoms with Crippen molar-refractivity contribution in [1.29, 1.82) is 0 Å². The molecule has 30 heavy (non-hydrogen) atoms. The summed E-state index contributed by atoms with van der Waals surface area (Å²) in [6.45, 7) is 2.04. The van der Waals surface area contributed by atoms with Crippen LogP contribution in [0.15, 0.2) is 59.4 Å². The lowest BCUT2D eigenvalue weighted by Gasteiger charge is -2.11. The zero-order valence-corrected chi connectivity index (χ0v) is 17.0. The summed E-state index contributed by atoms with van der Waals surface area (Å²) in [4.78, 5) is 28.1. The first-order valence-electron chi connectivity index (χ1n) is 9.36. The van der Waals surface area contributed by atoms with Crippen LogP contribution in [0.5, 0.6) is 5.75 Å². The van der Waals surface area contributed by atoms with Crippen molar-refractivity contribution in [2.24, 2.45) is 0 Å². The topological polar surface area (TPSA) is 99.6 Å². The molecule has 2 aromatic heterocycles. The van der Waals surface area contributed by atoms with E-state index in [0.29, 0.717) is 28.4 Å². The van der Waals surface area contributed by atoms with Crippen LogP contribution in [-0.2, 0) is 19.4 Å². The minimum Gasteiger partial charge on any atom is -0.487 e. The van der Waals surface area contributed by atoms with E-state index in [1.54, 1.807) is 6.07 Å². The molecule has 0 amide bonds. The first kappa shape index (κ1) is 19.7. The van der Waals surface area contributed by atoms with Crippen LogP contribution in [0.2, 0.25) is 0 Å². The molecule has 2 heterocycles. The number of aromatic nitrogens is 3. The summed E-state index contributed by atoms with van der Waals surface area (Å²) >= 11 is 1.37. The molecule has 0 atom stereocenters. The summed E-state index contributed by atoms with van der Waals surface area (Å²) in [7, 11) is 0. The lowest BCUT2D eigenvalue weighted by Crippen LogP contribution is -2.16. The van der Waals surface area contributed by atoms with Crippen LogP contribution in [0.3, 0.4) is 0 Å². The number of fused-ring (bicyclic) bond motifs is 1. The van der Waals surface area contributed by atoms with Gasteiger partial charge in [0.05, 0.1) is 10.6 Å². The van der Waals surface area contributed by atoms with Gasteiger partial charge in [0.2, 0.25) is 4.96 Å². The molecule has 8 nitrogen and oxygen atoms in total. The molecule has 152 valence electrons. The van der Waals surface area contributed by atoms with E-state index in [4.69, 9.17) is 4.74 Å². The normalized spacial score (nSPS) is 11.0. The van der Waals surface area contributed by atoms with Crippen LogP contribution < -0.4 is 10.3 Å². The first-order valence-corrected chi connectivity index (χ1v) is 10.2. The van der Waals surface area contributed by atoms with E-state index in [2.05, 4.69) is 10.1 Å². The SMILES string of the molecule is CCc1nn2c(=O)cc(COc3ccc([N+](=O)[O-])cc3Cc3ccccc3)nc2s1. The van der Waals surface area contributed by atoms with Gasteiger partial charge < -0.3 is 4.74 Å². The number of non-ortho nitro benzene ring substituents is 1. The van der Waals surface area contributed by atoms with E-state index in [1.807, 2.05) is 37.3 Å². The summed E-state index contributed by atoms with van der Waals surface area (Å²) in [6, 6.07) is 15.6. The maximum atomic E-state index is 12.3. The molecular formula is C21H18N4O4S. The van der Waals surface area contributed by atoms with Crippen molar-refractivity contribution >= 4 is 22.0 Å². The van der Waals surface area contributed by atoms with Gasteiger partial charge in [-0.15, -0.1) is 0 Å². The molecule has 0 fully saturated rings. The lowest BCUT2D eigenvalue weighted by molar-refractivity contribution is -0.384. The highest BCUT2D eigenvalue weighted by atomic mass is 32.1. The van der Waals surface area contributed by atoms with Crippen molar-refractivity contribution in [3.63, 3.8) is 0 Å². The molecule has 2 aromatic carbocycles. The Kier molecular flexibility index (Phi) is 5.53. The molecular weight excluding hydrogens is 404 g/mol. The van der Waals surface area contributed by atoms with E-state index in [1.165, 1.54) is 34.1 Å². The molecule has 0 saturated heterocycles. The Morgan fingerprint density at radius 2 is 1.97 bits per heavy atom. The Morgan fingerprint density at radius 3 is 2.70 bits per heavy atom. The van der Waals surface area contributed by atoms with Crippen molar-refractivity contribution in [3.05, 3.63) is 96.9 Å². The van der Waals surface area contributed by atoms with Crippen LogP contribution in [0.4, 0.5) is 5.69 Å². The molecule has 0 bridgehead atoms. The van der Waals surface area contributed by atoms with Gasteiger partial charge in [-0.25, -0.2) is 4.98 Å². The van der Waals surface area contributed by atoms with Crippen LogP contribution >= 0.6 is 11.3 Å². The molecule has 0 radical (unpaired) electrons. The van der Waals surface area contributed by atoms with Crippen LogP contribution in [0.25, 0.3) is 4.96 Å². The number of hydrogen-bond acceptors (Lipinski definition) is 7. The van der Waals surface area contributed by atoms with Gasteiger partial charge in [-0.05, 0) is 18.1 Å². The Hall–Kier alpha value is -3.59. The third-order valence-corrected chi connectivity index (χ3v) is 5.56. The fraction of sp³-hybridized carbons (Fsp3) is 0.190. The number of nitrogens with zero attached hydrogens (tertiary/aromatic N) is 4. The predicted octanol–water partition coefficient (Wildman–Crippen LogP) is 3.79. The van der Waals surface area contributed by atoms with Gasteiger partial charge in [-0.1, -0.05) is 48.6 Å². The number of nitro benzene ring substituents is 1. The quantitative estimate of drug-likeness (QED) is 0.332. The smallest absolute Gasteiger partial charge is 0.275 e. The summed E-state index contributed by atoms with van der Waals surface area (Å²) in [5.41, 5.74) is 1.93. The molecule has 0 saturated carbocycles.